The Hall–Kier alpha value is -3.02. The number of sulfonamides is 1. The molecular weight excluding hydrogens is 362 g/mol. The summed E-state index contributed by atoms with van der Waals surface area (Å²) < 4.78 is 27.6. The summed E-state index contributed by atoms with van der Waals surface area (Å²) in [5.41, 5.74) is 1.30. The van der Waals surface area contributed by atoms with Crippen molar-refractivity contribution in [1.82, 2.24) is 19.5 Å². The van der Waals surface area contributed by atoms with Gasteiger partial charge in [0.1, 0.15) is 5.82 Å². The quantitative estimate of drug-likeness (QED) is 0.751. The first-order valence-corrected chi connectivity index (χ1v) is 10.0. The van der Waals surface area contributed by atoms with Gasteiger partial charge in [-0.1, -0.05) is 30.3 Å². The van der Waals surface area contributed by atoms with Crippen molar-refractivity contribution in [3.8, 4) is 17.5 Å². The molecule has 8 heteroatoms. The van der Waals surface area contributed by atoms with E-state index >= 15 is 0 Å². The van der Waals surface area contributed by atoms with E-state index in [9.17, 15) is 8.42 Å². The topological polar surface area (TPSA) is 103 Å². The van der Waals surface area contributed by atoms with Crippen LogP contribution < -0.4 is 0 Å². The molecule has 1 fully saturated rings. The van der Waals surface area contributed by atoms with Gasteiger partial charge in [0.05, 0.1) is 22.6 Å². The lowest BCUT2D eigenvalue weighted by molar-refractivity contribution is 0.384. The second-order valence-corrected chi connectivity index (χ2v) is 8.21. The molecule has 136 valence electrons. The van der Waals surface area contributed by atoms with Gasteiger partial charge in [-0.15, -0.1) is 0 Å². The van der Waals surface area contributed by atoms with E-state index in [1.165, 1.54) is 28.6 Å². The predicted molar refractivity (Wildman–Crippen MR) is 98.8 cm³/mol. The molecule has 3 aromatic rings. The van der Waals surface area contributed by atoms with Crippen LogP contribution in [0.2, 0.25) is 0 Å². The Bertz CT molecular complexity index is 1090. The molecule has 0 spiro atoms. The normalized spacial score (nSPS) is 17.7. The lowest BCUT2D eigenvalue weighted by Crippen LogP contribution is -2.31. The standard InChI is InChI=1S/C19H17N5O2S/c20-13-14-8-10-16(11-9-14)27(25,26)24-12-4-7-17(24)19-21-18(22-23-19)15-5-2-1-3-6-15/h1-3,5-6,8-11,17H,4,7,12H2,(H,21,22,23)/t17-/m1/s1. The summed E-state index contributed by atoms with van der Waals surface area (Å²) in [7, 11) is -3.68. The van der Waals surface area contributed by atoms with E-state index < -0.39 is 10.0 Å². The lowest BCUT2D eigenvalue weighted by atomic mass is 10.2. The zero-order valence-electron chi connectivity index (χ0n) is 14.4. The van der Waals surface area contributed by atoms with E-state index in [2.05, 4.69) is 15.2 Å². The van der Waals surface area contributed by atoms with Crippen molar-refractivity contribution >= 4 is 10.0 Å². The summed E-state index contributed by atoms with van der Waals surface area (Å²) in [5.74, 6) is 1.09. The molecule has 0 saturated carbocycles. The Balaban J connectivity index is 1.64. The highest BCUT2D eigenvalue weighted by Crippen LogP contribution is 2.35. The van der Waals surface area contributed by atoms with Crippen molar-refractivity contribution in [2.24, 2.45) is 0 Å². The molecule has 4 rings (SSSR count). The summed E-state index contributed by atoms with van der Waals surface area (Å²) in [5, 5.41) is 16.1. The minimum atomic E-state index is -3.68. The molecule has 1 saturated heterocycles. The van der Waals surface area contributed by atoms with Gasteiger partial charge < -0.3 is 0 Å². The van der Waals surface area contributed by atoms with Crippen LogP contribution >= 0.6 is 0 Å². The number of benzene rings is 2. The van der Waals surface area contributed by atoms with Gasteiger partial charge in [-0.3, -0.25) is 5.10 Å². The van der Waals surface area contributed by atoms with Crippen LogP contribution in [0.4, 0.5) is 0 Å². The fraction of sp³-hybridized carbons (Fsp3) is 0.211. The van der Waals surface area contributed by atoms with Gasteiger partial charge in [-0.2, -0.15) is 14.7 Å². The third-order valence-corrected chi connectivity index (χ3v) is 6.57. The molecule has 0 amide bonds. The molecule has 1 N–H and O–H groups in total. The molecule has 1 aliphatic rings. The summed E-state index contributed by atoms with van der Waals surface area (Å²) in [4.78, 5) is 4.71. The Labute approximate surface area is 157 Å². The van der Waals surface area contributed by atoms with Crippen molar-refractivity contribution in [1.29, 1.82) is 5.26 Å². The van der Waals surface area contributed by atoms with Crippen LogP contribution in [0.3, 0.4) is 0 Å². The van der Waals surface area contributed by atoms with Crippen molar-refractivity contribution in [2.45, 2.75) is 23.8 Å². The molecule has 1 aromatic heterocycles. The number of aromatic nitrogens is 3. The number of nitrogens with one attached hydrogen (secondary N) is 1. The number of aromatic amines is 1. The summed E-state index contributed by atoms with van der Waals surface area (Å²) in [6, 6.07) is 17.1. The molecular formula is C19H17N5O2S. The number of H-pyrrole nitrogens is 1. The first-order valence-electron chi connectivity index (χ1n) is 8.59. The Morgan fingerprint density at radius 2 is 1.85 bits per heavy atom. The molecule has 0 radical (unpaired) electrons. The number of rotatable bonds is 4. The number of nitrogens with zero attached hydrogens (tertiary/aromatic N) is 4. The Morgan fingerprint density at radius 3 is 2.56 bits per heavy atom. The molecule has 7 nitrogen and oxygen atoms in total. The second kappa shape index (κ2) is 6.95. The summed E-state index contributed by atoms with van der Waals surface area (Å²) >= 11 is 0. The van der Waals surface area contributed by atoms with Crippen LogP contribution in [-0.4, -0.2) is 34.4 Å². The second-order valence-electron chi connectivity index (χ2n) is 6.32. The molecule has 27 heavy (non-hydrogen) atoms. The van der Waals surface area contributed by atoms with Gasteiger partial charge in [-0.05, 0) is 37.1 Å². The van der Waals surface area contributed by atoms with Gasteiger partial charge in [0, 0.05) is 12.1 Å². The van der Waals surface area contributed by atoms with Crippen molar-refractivity contribution in [3.63, 3.8) is 0 Å². The minimum absolute atomic E-state index is 0.177. The maximum atomic E-state index is 13.1. The third-order valence-electron chi connectivity index (χ3n) is 4.64. The fourth-order valence-electron chi connectivity index (χ4n) is 3.28. The average molecular weight is 379 g/mol. The van der Waals surface area contributed by atoms with Gasteiger partial charge in [0.15, 0.2) is 5.82 Å². The molecule has 0 aliphatic carbocycles. The van der Waals surface area contributed by atoms with E-state index in [4.69, 9.17) is 5.26 Å². The zero-order valence-corrected chi connectivity index (χ0v) is 15.2. The van der Waals surface area contributed by atoms with Gasteiger partial charge in [-0.25, -0.2) is 13.4 Å². The molecule has 0 bridgehead atoms. The van der Waals surface area contributed by atoms with E-state index in [0.29, 0.717) is 30.2 Å². The summed E-state index contributed by atoms with van der Waals surface area (Å²) in [6.45, 7) is 0.425. The van der Waals surface area contributed by atoms with Gasteiger partial charge >= 0.3 is 0 Å². The van der Waals surface area contributed by atoms with Crippen LogP contribution in [0.25, 0.3) is 11.4 Å². The molecule has 1 aliphatic heterocycles. The average Bonchev–Trinajstić information content (AvgIpc) is 3.38. The number of nitriles is 1. The Kier molecular flexibility index (Phi) is 4.48. The molecule has 0 unspecified atom stereocenters. The highest BCUT2D eigenvalue weighted by atomic mass is 32.2. The van der Waals surface area contributed by atoms with Crippen LogP contribution in [0.5, 0.6) is 0 Å². The predicted octanol–water partition coefficient (Wildman–Crippen LogP) is 2.87. The highest BCUT2D eigenvalue weighted by Gasteiger charge is 2.38. The maximum Gasteiger partial charge on any atom is 0.243 e. The SMILES string of the molecule is N#Cc1ccc(S(=O)(=O)N2CCC[C@@H]2c2nc(-c3ccccc3)n[nH]2)cc1. The van der Waals surface area contributed by atoms with Crippen LogP contribution in [0, 0.1) is 11.3 Å². The maximum absolute atomic E-state index is 13.1. The molecule has 2 aromatic carbocycles. The monoisotopic (exact) mass is 379 g/mol. The lowest BCUT2D eigenvalue weighted by Gasteiger charge is -2.22. The van der Waals surface area contributed by atoms with E-state index in [0.717, 1.165) is 12.0 Å². The largest absolute Gasteiger partial charge is 0.261 e. The van der Waals surface area contributed by atoms with E-state index in [1.54, 1.807) is 0 Å². The van der Waals surface area contributed by atoms with Gasteiger partial charge in [0.25, 0.3) is 0 Å². The van der Waals surface area contributed by atoms with Crippen molar-refractivity contribution < 1.29 is 8.42 Å². The zero-order chi connectivity index (χ0) is 18.9. The van der Waals surface area contributed by atoms with Crippen LogP contribution in [0.15, 0.2) is 59.5 Å². The third kappa shape index (κ3) is 3.23. The smallest absolute Gasteiger partial charge is 0.243 e. The highest BCUT2D eigenvalue weighted by molar-refractivity contribution is 7.89. The molecule has 1 atom stereocenters. The van der Waals surface area contributed by atoms with E-state index in [-0.39, 0.29) is 10.9 Å². The molecule has 2 heterocycles. The van der Waals surface area contributed by atoms with Crippen molar-refractivity contribution in [3.05, 3.63) is 66.0 Å². The van der Waals surface area contributed by atoms with Crippen LogP contribution in [0.1, 0.15) is 30.3 Å². The fourth-order valence-corrected chi connectivity index (χ4v) is 4.94. The minimum Gasteiger partial charge on any atom is -0.261 e. The van der Waals surface area contributed by atoms with E-state index in [1.807, 2.05) is 36.4 Å². The van der Waals surface area contributed by atoms with Crippen molar-refractivity contribution in [2.75, 3.05) is 6.54 Å². The Morgan fingerprint density at radius 1 is 1.11 bits per heavy atom. The number of hydrogen-bond donors (Lipinski definition) is 1. The van der Waals surface area contributed by atoms with Gasteiger partial charge in [0.2, 0.25) is 10.0 Å². The number of hydrogen-bond acceptors (Lipinski definition) is 5. The summed E-state index contributed by atoms with van der Waals surface area (Å²) in [6.07, 6.45) is 1.43. The first kappa shape index (κ1) is 17.4. The van der Waals surface area contributed by atoms with Crippen LogP contribution in [-0.2, 0) is 10.0 Å². The first-order chi connectivity index (χ1) is 13.1.